The van der Waals surface area contributed by atoms with Crippen LogP contribution in [0.25, 0.3) is 0 Å². The summed E-state index contributed by atoms with van der Waals surface area (Å²) >= 11 is 0. The second kappa shape index (κ2) is 5.80. The quantitative estimate of drug-likeness (QED) is 0.633. The van der Waals surface area contributed by atoms with Gasteiger partial charge in [-0.25, -0.2) is 4.79 Å². The molecule has 116 valence electrons. The van der Waals surface area contributed by atoms with Crippen molar-refractivity contribution in [2.24, 2.45) is 0 Å². The molecule has 9 heteroatoms. The first-order chi connectivity index (χ1) is 10.2. The number of ether oxygens (including phenoxy) is 2. The molecule has 2 aromatic rings. The molecule has 0 unspecified atom stereocenters. The molecule has 0 fully saturated rings. The summed E-state index contributed by atoms with van der Waals surface area (Å²) in [4.78, 5) is 25.3. The minimum atomic E-state index is -0.635. The highest BCUT2D eigenvalue weighted by Crippen LogP contribution is 2.21. The topological polar surface area (TPSA) is 109 Å². The molecule has 0 N–H and O–H groups in total. The lowest BCUT2D eigenvalue weighted by atomic mass is 10.2. The molecule has 2 aromatic heterocycles. The fourth-order valence-corrected chi connectivity index (χ4v) is 1.44. The van der Waals surface area contributed by atoms with Crippen LogP contribution in [0.15, 0.2) is 30.7 Å². The van der Waals surface area contributed by atoms with Gasteiger partial charge in [-0.1, -0.05) is 0 Å². The van der Waals surface area contributed by atoms with Crippen molar-refractivity contribution >= 4 is 11.9 Å². The molecule has 0 amide bonds. The summed E-state index contributed by atoms with van der Waals surface area (Å²) in [7, 11) is 0. The SMILES string of the molecule is CC(C)(C)OC(=O)n1cc(Oc2ccc([N+](=O)[O-])nc2)cn1. The van der Waals surface area contributed by atoms with Crippen molar-refractivity contribution < 1.29 is 19.2 Å². The highest BCUT2D eigenvalue weighted by atomic mass is 16.6. The van der Waals surface area contributed by atoms with Crippen LogP contribution in [0.3, 0.4) is 0 Å². The lowest BCUT2D eigenvalue weighted by Crippen LogP contribution is -2.27. The van der Waals surface area contributed by atoms with E-state index in [-0.39, 0.29) is 17.3 Å². The zero-order chi connectivity index (χ0) is 16.3. The first-order valence-electron chi connectivity index (χ1n) is 6.31. The van der Waals surface area contributed by atoms with E-state index in [1.807, 2.05) is 0 Å². The van der Waals surface area contributed by atoms with Crippen molar-refractivity contribution in [1.29, 1.82) is 0 Å². The van der Waals surface area contributed by atoms with Gasteiger partial charge in [-0.2, -0.15) is 9.78 Å². The average molecular weight is 306 g/mol. The Morgan fingerprint density at radius 2 is 2.00 bits per heavy atom. The van der Waals surface area contributed by atoms with Crippen molar-refractivity contribution in [3.8, 4) is 11.5 Å². The Bertz CT molecular complexity index is 687. The summed E-state index contributed by atoms with van der Waals surface area (Å²) in [5.74, 6) is 0.285. The fourth-order valence-electron chi connectivity index (χ4n) is 1.44. The Labute approximate surface area is 125 Å². The summed E-state index contributed by atoms with van der Waals surface area (Å²) in [5, 5.41) is 14.3. The predicted octanol–water partition coefficient (Wildman–Crippen LogP) is 2.76. The molecule has 0 aliphatic heterocycles. The number of hydrogen-bond donors (Lipinski definition) is 0. The van der Waals surface area contributed by atoms with Crippen LogP contribution in [0.2, 0.25) is 0 Å². The van der Waals surface area contributed by atoms with E-state index in [1.165, 1.54) is 30.7 Å². The largest absolute Gasteiger partial charge is 0.450 e. The highest BCUT2D eigenvalue weighted by Gasteiger charge is 2.19. The first-order valence-corrected chi connectivity index (χ1v) is 6.31. The number of nitrogens with zero attached hydrogens (tertiary/aromatic N) is 4. The molecule has 0 saturated heterocycles. The second-order valence-corrected chi connectivity index (χ2v) is 5.31. The molecule has 2 heterocycles. The van der Waals surface area contributed by atoms with E-state index >= 15 is 0 Å². The number of aromatic nitrogens is 3. The maximum atomic E-state index is 11.8. The summed E-state index contributed by atoms with van der Waals surface area (Å²) < 4.78 is 11.5. The molecule has 0 aliphatic rings. The Morgan fingerprint density at radius 3 is 2.55 bits per heavy atom. The van der Waals surface area contributed by atoms with Gasteiger partial charge < -0.3 is 19.6 Å². The average Bonchev–Trinajstić information content (AvgIpc) is 2.86. The van der Waals surface area contributed by atoms with Crippen LogP contribution in [-0.2, 0) is 4.74 Å². The molecule has 0 radical (unpaired) electrons. The van der Waals surface area contributed by atoms with Gasteiger partial charge in [0.05, 0.1) is 12.4 Å². The Hall–Kier alpha value is -2.97. The minimum Gasteiger partial charge on any atom is -0.450 e. The van der Waals surface area contributed by atoms with E-state index in [1.54, 1.807) is 20.8 Å². The number of rotatable bonds is 3. The van der Waals surface area contributed by atoms with E-state index in [0.717, 1.165) is 4.68 Å². The van der Waals surface area contributed by atoms with Crippen LogP contribution < -0.4 is 4.74 Å². The van der Waals surface area contributed by atoms with E-state index in [4.69, 9.17) is 9.47 Å². The van der Waals surface area contributed by atoms with Gasteiger partial charge in [-0.05, 0) is 36.7 Å². The normalized spacial score (nSPS) is 11.0. The van der Waals surface area contributed by atoms with Gasteiger partial charge in [0, 0.05) is 6.07 Å². The molecule has 0 saturated carbocycles. The summed E-state index contributed by atoms with van der Waals surface area (Å²) in [6, 6.07) is 2.61. The van der Waals surface area contributed by atoms with Crippen LogP contribution >= 0.6 is 0 Å². The van der Waals surface area contributed by atoms with E-state index in [0.29, 0.717) is 0 Å². The number of hydrogen-bond acceptors (Lipinski definition) is 7. The van der Waals surface area contributed by atoms with Crippen molar-refractivity contribution in [1.82, 2.24) is 14.8 Å². The third-order valence-corrected chi connectivity index (χ3v) is 2.28. The molecular weight excluding hydrogens is 292 g/mol. The molecule has 2 rings (SSSR count). The maximum Gasteiger partial charge on any atom is 0.435 e. The van der Waals surface area contributed by atoms with Gasteiger partial charge in [0.1, 0.15) is 5.60 Å². The van der Waals surface area contributed by atoms with Gasteiger partial charge in [-0.3, -0.25) is 0 Å². The van der Waals surface area contributed by atoms with Gasteiger partial charge in [0.15, 0.2) is 17.7 Å². The van der Waals surface area contributed by atoms with Crippen LogP contribution in [0.5, 0.6) is 11.5 Å². The second-order valence-electron chi connectivity index (χ2n) is 5.31. The first kappa shape index (κ1) is 15.4. The molecule has 0 atom stereocenters. The van der Waals surface area contributed by atoms with E-state index in [9.17, 15) is 14.9 Å². The fraction of sp³-hybridized carbons (Fsp3) is 0.308. The third-order valence-electron chi connectivity index (χ3n) is 2.28. The van der Waals surface area contributed by atoms with Crippen molar-refractivity contribution in [3.63, 3.8) is 0 Å². The predicted molar refractivity (Wildman–Crippen MR) is 74.8 cm³/mol. The van der Waals surface area contributed by atoms with Crippen molar-refractivity contribution in [2.45, 2.75) is 26.4 Å². The summed E-state index contributed by atoms with van der Waals surface area (Å²) in [6.07, 6.45) is 3.24. The Kier molecular flexibility index (Phi) is 4.06. The molecular formula is C13H14N4O5. The van der Waals surface area contributed by atoms with Crippen LogP contribution in [0.1, 0.15) is 20.8 Å². The Morgan fingerprint density at radius 1 is 1.27 bits per heavy atom. The minimum absolute atomic E-state index is 0.279. The number of nitro groups is 1. The van der Waals surface area contributed by atoms with Crippen molar-refractivity contribution in [3.05, 3.63) is 40.8 Å². The molecule has 0 bridgehead atoms. The van der Waals surface area contributed by atoms with E-state index < -0.39 is 16.6 Å². The molecule has 0 spiro atoms. The zero-order valence-electron chi connectivity index (χ0n) is 12.2. The molecule has 22 heavy (non-hydrogen) atoms. The standard InChI is InChI=1S/C13H14N4O5/c1-13(2,3)22-12(18)16-8-10(7-15-16)21-9-4-5-11(14-6-9)17(19)20/h4-8H,1-3H3. The van der Waals surface area contributed by atoms with Crippen LogP contribution in [0, 0.1) is 10.1 Å². The van der Waals surface area contributed by atoms with Gasteiger partial charge in [0.2, 0.25) is 0 Å². The molecule has 9 nitrogen and oxygen atoms in total. The number of pyridine rings is 1. The lowest BCUT2D eigenvalue weighted by molar-refractivity contribution is -0.389. The maximum absolute atomic E-state index is 11.8. The molecule has 0 aromatic carbocycles. The van der Waals surface area contributed by atoms with Crippen LogP contribution in [-0.4, -0.2) is 31.4 Å². The summed E-state index contributed by atoms with van der Waals surface area (Å²) in [5.41, 5.74) is -0.633. The van der Waals surface area contributed by atoms with E-state index in [2.05, 4.69) is 10.1 Å². The number of carbonyl (C=O) groups is 1. The monoisotopic (exact) mass is 306 g/mol. The third kappa shape index (κ3) is 4.01. The van der Waals surface area contributed by atoms with Gasteiger partial charge >= 0.3 is 11.9 Å². The summed E-state index contributed by atoms with van der Waals surface area (Å²) in [6.45, 7) is 5.23. The molecule has 0 aliphatic carbocycles. The highest BCUT2D eigenvalue weighted by molar-refractivity contribution is 5.70. The van der Waals surface area contributed by atoms with Gasteiger partial charge in [0.25, 0.3) is 0 Å². The zero-order valence-corrected chi connectivity index (χ0v) is 12.2. The lowest BCUT2D eigenvalue weighted by Gasteiger charge is -2.18. The van der Waals surface area contributed by atoms with Crippen LogP contribution in [0.4, 0.5) is 10.6 Å². The smallest absolute Gasteiger partial charge is 0.435 e. The Balaban J connectivity index is 2.05. The van der Waals surface area contributed by atoms with Crippen molar-refractivity contribution in [2.75, 3.05) is 0 Å². The van der Waals surface area contributed by atoms with Gasteiger partial charge in [-0.15, -0.1) is 0 Å². The number of carbonyl (C=O) groups excluding carboxylic acids is 1.